The molecule has 0 aliphatic carbocycles. The molecule has 1 rings (SSSR count). The summed E-state index contributed by atoms with van der Waals surface area (Å²) in [5.41, 5.74) is 0. The van der Waals surface area contributed by atoms with Gasteiger partial charge in [-0.05, 0) is 13.5 Å². The molecule has 1 atom stereocenters. The lowest BCUT2D eigenvalue weighted by Gasteiger charge is -2.33. The Kier molecular flexibility index (Phi) is 6.84. The van der Waals surface area contributed by atoms with Crippen molar-refractivity contribution in [3.63, 3.8) is 0 Å². The minimum absolute atomic E-state index is 0.00278. The molecule has 0 saturated carbocycles. The summed E-state index contributed by atoms with van der Waals surface area (Å²) in [7, 11) is 2.03. The first-order valence-electron chi connectivity index (χ1n) is 7.23. The van der Waals surface area contributed by atoms with Crippen molar-refractivity contribution < 1.29 is 14.7 Å². The number of carbonyl (C=O) groups is 2. The average Bonchev–Trinajstić information content (AvgIpc) is 2.38. The highest BCUT2D eigenvalue weighted by Crippen LogP contribution is 2.16. The number of nitrogens with zero attached hydrogens (tertiary/aromatic N) is 2. The molecule has 1 heterocycles. The number of carbonyl (C=O) groups excluding carboxylic acids is 1. The van der Waals surface area contributed by atoms with Crippen LogP contribution >= 0.6 is 0 Å². The predicted octanol–water partition coefficient (Wildman–Crippen LogP) is 1.43. The van der Waals surface area contributed by atoms with E-state index in [9.17, 15) is 14.7 Å². The minimum atomic E-state index is -0.835. The van der Waals surface area contributed by atoms with E-state index in [1.54, 1.807) is 4.90 Å². The highest BCUT2D eigenvalue weighted by molar-refractivity contribution is 5.82. The summed E-state index contributed by atoms with van der Waals surface area (Å²) in [5.74, 6) is -1.35. The first kappa shape index (κ1) is 16.0. The summed E-state index contributed by atoms with van der Waals surface area (Å²) in [5, 5.41) is 9.18. The van der Waals surface area contributed by atoms with Gasteiger partial charge >= 0.3 is 5.97 Å². The normalized spacial score (nSPS) is 18.3. The Morgan fingerprint density at radius 3 is 2.32 bits per heavy atom. The molecular formula is C14H26N2O3. The van der Waals surface area contributed by atoms with Crippen molar-refractivity contribution >= 4 is 11.9 Å². The van der Waals surface area contributed by atoms with Crippen LogP contribution in [0.25, 0.3) is 0 Å². The Labute approximate surface area is 115 Å². The molecule has 0 aromatic carbocycles. The van der Waals surface area contributed by atoms with Gasteiger partial charge in [-0.25, -0.2) is 0 Å². The van der Waals surface area contributed by atoms with Crippen LogP contribution in [0.5, 0.6) is 0 Å². The van der Waals surface area contributed by atoms with E-state index in [1.165, 1.54) is 0 Å². The molecule has 5 nitrogen and oxygen atoms in total. The second-order valence-electron chi connectivity index (χ2n) is 5.42. The Morgan fingerprint density at radius 1 is 1.16 bits per heavy atom. The van der Waals surface area contributed by atoms with Crippen LogP contribution in [-0.2, 0) is 9.59 Å². The van der Waals surface area contributed by atoms with Gasteiger partial charge in [-0.1, -0.05) is 26.2 Å². The largest absolute Gasteiger partial charge is 0.481 e. The molecule has 1 amide bonds. The van der Waals surface area contributed by atoms with Gasteiger partial charge < -0.3 is 14.9 Å². The van der Waals surface area contributed by atoms with Crippen molar-refractivity contribution in [3.8, 4) is 0 Å². The summed E-state index contributed by atoms with van der Waals surface area (Å²) in [6.07, 6.45) is 3.76. The molecule has 1 unspecified atom stereocenters. The average molecular weight is 270 g/mol. The van der Waals surface area contributed by atoms with Crippen molar-refractivity contribution in [2.75, 3.05) is 33.2 Å². The number of carboxylic acids is 1. The number of piperazine rings is 1. The van der Waals surface area contributed by atoms with Crippen LogP contribution in [0.3, 0.4) is 0 Å². The first-order chi connectivity index (χ1) is 9.04. The number of unbranched alkanes of at least 4 members (excludes halogenated alkanes) is 2. The van der Waals surface area contributed by atoms with Gasteiger partial charge in [0.25, 0.3) is 0 Å². The van der Waals surface area contributed by atoms with Crippen LogP contribution in [0.1, 0.15) is 39.0 Å². The van der Waals surface area contributed by atoms with Crippen molar-refractivity contribution in [1.82, 2.24) is 9.80 Å². The zero-order valence-electron chi connectivity index (χ0n) is 12.1. The van der Waals surface area contributed by atoms with Crippen molar-refractivity contribution in [2.24, 2.45) is 5.92 Å². The fourth-order valence-electron chi connectivity index (χ4n) is 2.35. The number of likely N-dealkylation sites (N-methyl/N-ethyl adjacent to an activating group) is 1. The summed E-state index contributed by atoms with van der Waals surface area (Å²) in [6, 6.07) is 0. The Bertz CT molecular complexity index is 299. The van der Waals surface area contributed by atoms with Gasteiger partial charge in [0.1, 0.15) is 0 Å². The van der Waals surface area contributed by atoms with Gasteiger partial charge in [0, 0.05) is 32.6 Å². The molecule has 1 fully saturated rings. The lowest BCUT2D eigenvalue weighted by atomic mass is 9.97. The lowest BCUT2D eigenvalue weighted by Crippen LogP contribution is -2.47. The first-order valence-corrected chi connectivity index (χ1v) is 7.23. The third-order valence-electron chi connectivity index (χ3n) is 3.78. The molecule has 0 aromatic heterocycles. The third kappa shape index (κ3) is 5.59. The maximum atomic E-state index is 12.1. The van der Waals surface area contributed by atoms with E-state index in [0.29, 0.717) is 6.42 Å². The van der Waals surface area contributed by atoms with E-state index in [-0.39, 0.29) is 12.3 Å². The number of rotatable bonds is 7. The number of amides is 1. The number of hydrogen-bond donors (Lipinski definition) is 1. The van der Waals surface area contributed by atoms with Gasteiger partial charge in [0.05, 0.1) is 5.92 Å². The van der Waals surface area contributed by atoms with Gasteiger partial charge in [-0.3, -0.25) is 9.59 Å². The monoisotopic (exact) mass is 270 g/mol. The van der Waals surface area contributed by atoms with E-state index in [4.69, 9.17) is 0 Å². The molecule has 1 aliphatic heterocycles. The predicted molar refractivity (Wildman–Crippen MR) is 74.0 cm³/mol. The molecule has 0 radical (unpaired) electrons. The molecule has 1 N–H and O–H groups in total. The second kappa shape index (κ2) is 8.15. The zero-order chi connectivity index (χ0) is 14.3. The van der Waals surface area contributed by atoms with Crippen LogP contribution in [-0.4, -0.2) is 60.0 Å². The fraction of sp³-hybridized carbons (Fsp3) is 0.857. The van der Waals surface area contributed by atoms with Crippen molar-refractivity contribution in [1.29, 1.82) is 0 Å². The summed E-state index contributed by atoms with van der Waals surface area (Å²) < 4.78 is 0. The van der Waals surface area contributed by atoms with E-state index >= 15 is 0 Å². The highest BCUT2D eigenvalue weighted by atomic mass is 16.4. The Balaban J connectivity index is 2.40. The topological polar surface area (TPSA) is 60.9 Å². The lowest BCUT2D eigenvalue weighted by molar-refractivity contribution is -0.146. The van der Waals surface area contributed by atoms with E-state index in [2.05, 4.69) is 11.8 Å². The van der Waals surface area contributed by atoms with Crippen LogP contribution < -0.4 is 0 Å². The summed E-state index contributed by atoms with van der Waals surface area (Å²) in [6.45, 7) is 5.27. The third-order valence-corrected chi connectivity index (χ3v) is 3.78. The summed E-state index contributed by atoms with van der Waals surface area (Å²) >= 11 is 0. The van der Waals surface area contributed by atoms with Gasteiger partial charge in [0.15, 0.2) is 0 Å². The number of hydrogen-bond acceptors (Lipinski definition) is 3. The molecule has 1 saturated heterocycles. The standard InChI is InChI=1S/C14H26N2O3/c1-3-4-5-6-12(14(18)19)11-13(17)16-9-7-15(2)8-10-16/h12H,3-11H2,1-2H3,(H,18,19). The minimum Gasteiger partial charge on any atom is -0.481 e. The maximum Gasteiger partial charge on any atom is 0.307 e. The molecule has 0 bridgehead atoms. The van der Waals surface area contributed by atoms with E-state index in [0.717, 1.165) is 45.4 Å². The van der Waals surface area contributed by atoms with Crippen molar-refractivity contribution in [3.05, 3.63) is 0 Å². The van der Waals surface area contributed by atoms with E-state index < -0.39 is 11.9 Å². The van der Waals surface area contributed by atoms with Crippen LogP contribution in [0.2, 0.25) is 0 Å². The van der Waals surface area contributed by atoms with Gasteiger partial charge in [-0.15, -0.1) is 0 Å². The van der Waals surface area contributed by atoms with Gasteiger partial charge in [0.2, 0.25) is 5.91 Å². The highest BCUT2D eigenvalue weighted by Gasteiger charge is 2.25. The zero-order valence-corrected chi connectivity index (χ0v) is 12.1. The molecule has 1 aliphatic rings. The molecule has 19 heavy (non-hydrogen) atoms. The summed E-state index contributed by atoms with van der Waals surface area (Å²) in [4.78, 5) is 27.3. The Hall–Kier alpha value is -1.10. The number of carboxylic acid groups (broad SMARTS) is 1. The molecule has 0 spiro atoms. The molecule has 0 aromatic rings. The molecular weight excluding hydrogens is 244 g/mol. The quantitative estimate of drug-likeness (QED) is 0.711. The van der Waals surface area contributed by atoms with Crippen molar-refractivity contribution in [2.45, 2.75) is 39.0 Å². The smallest absolute Gasteiger partial charge is 0.307 e. The van der Waals surface area contributed by atoms with Gasteiger partial charge in [-0.2, -0.15) is 0 Å². The van der Waals surface area contributed by atoms with E-state index in [1.807, 2.05) is 7.05 Å². The second-order valence-corrected chi connectivity index (χ2v) is 5.42. The van der Waals surface area contributed by atoms with Crippen LogP contribution in [0, 0.1) is 5.92 Å². The number of aliphatic carboxylic acids is 1. The SMILES string of the molecule is CCCCCC(CC(=O)N1CCN(C)CC1)C(=O)O. The maximum absolute atomic E-state index is 12.1. The van der Waals surface area contributed by atoms with Crippen LogP contribution in [0.15, 0.2) is 0 Å². The van der Waals surface area contributed by atoms with Crippen LogP contribution in [0.4, 0.5) is 0 Å². The fourth-order valence-corrected chi connectivity index (χ4v) is 2.35. The molecule has 110 valence electrons. The molecule has 5 heteroatoms. The Morgan fingerprint density at radius 2 is 1.79 bits per heavy atom.